The molecule has 2 rings (SSSR count). The van der Waals surface area contributed by atoms with E-state index in [1.165, 1.54) is 12.8 Å². The number of amides is 1. The third kappa shape index (κ3) is 0.917. The zero-order valence-electron chi connectivity index (χ0n) is 6.10. The van der Waals surface area contributed by atoms with Crippen LogP contribution in [0.15, 0.2) is 0 Å². The number of carbonyl (C=O) groups is 1. The lowest BCUT2D eigenvalue weighted by Crippen LogP contribution is -2.43. The van der Waals surface area contributed by atoms with Gasteiger partial charge in [-0.05, 0) is 25.2 Å². The molecule has 1 saturated heterocycles. The highest BCUT2D eigenvalue weighted by Crippen LogP contribution is 2.31. The van der Waals surface area contributed by atoms with Gasteiger partial charge in [0.15, 0.2) is 0 Å². The molecule has 10 heavy (non-hydrogen) atoms. The molecule has 2 atom stereocenters. The first-order chi connectivity index (χ1) is 4.86. The van der Waals surface area contributed by atoms with E-state index in [4.69, 9.17) is 0 Å². The number of rotatable bonds is 0. The van der Waals surface area contributed by atoms with E-state index in [2.05, 4.69) is 5.32 Å². The second-order valence-corrected chi connectivity index (χ2v) is 3.47. The van der Waals surface area contributed by atoms with Crippen molar-refractivity contribution in [3.8, 4) is 0 Å². The average Bonchev–Trinajstić information content (AvgIpc) is 1.99. The van der Waals surface area contributed by atoms with E-state index in [-0.39, 0.29) is 0 Å². The second kappa shape index (κ2) is 2.26. The van der Waals surface area contributed by atoms with E-state index in [1.807, 2.05) is 0 Å². The van der Waals surface area contributed by atoms with Crippen molar-refractivity contribution in [2.24, 2.45) is 11.8 Å². The van der Waals surface area contributed by atoms with Gasteiger partial charge >= 0.3 is 0 Å². The van der Waals surface area contributed by atoms with Gasteiger partial charge in [-0.2, -0.15) is 0 Å². The van der Waals surface area contributed by atoms with Crippen molar-refractivity contribution in [1.82, 2.24) is 5.32 Å². The average molecular weight is 139 g/mol. The van der Waals surface area contributed by atoms with Crippen LogP contribution in [0.25, 0.3) is 0 Å². The number of fused-ring (bicyclic) bond motifs is 2. The van der Waals surface area contributed by atoms with E-state index in [0.29, 0.717) is 11.8 Å². The van der Waals surface area contributed by atoms with Crippen LogP contribution in [0.4, 0.5) is 0 Å². The molecular weight excluding hydrogens is 126 g/mol. The topological polar surface area (TPSA) is 29.1 Å². The fourth-order valence-corrected chi connectivity index (χ4v) is 2.10. The van der Waals surface area contributed by atoms with Gasteiger partial charge in [0, 0.05) is 12.5 Å². The van der Waals surface area contributed by atoms with Crippen molar-refractivity contribution in [2.45, 2.75) is 25.7 Å². The number of piperidine rings is 1. The van der Waals surface area contributed by atoms with E-state index >= 15 is 0 Å². The van der Waals surface area contributed by atoms with Gasteiger partial charge in [-0.15, -0.1) is 0 Å². The largest absolute Gasteiger partial charge is 0.356 e. The van der Waals surface area contributed by atoms with Gasteiger partial charge in [0.05, 0.1) is 0 Å². The van der Waals surface area contributed by atoms with Crippen LogP contribution in [-0.2, 0) is 4.79 Å². The highest BCUT2D eigenvalue weighted by Gasteiger charge is 2.31. The summed E-state index contributed by atoms with van der Waals surface area (Å²) in [5, 5.41) is 2.95. The SMILES string of the molecule is O=C1NC[C@@H]2CCC[C@@H]1C2. The van der Waals surface area contributed by atoms with Crippen molar-refractivity contribution >= 4 is 5.91 Å². The summed E-state index contributed by atoms with van der Waals surface area (Å²) < 4.78 is 0. The van der Waals surface area contributed by atoms with Gasteiger partial charge < -0.3 is 5.32 Å². The molecule has 0 aromatic heterocycles. The van der Waals surface area contributed by atoms with E-state index in [9.17, 15) is 4.79 Å². The second-order valence-electron chi connectivity index (χ2n) is 3.47. The normalized spacial score (nSPS) is 39.0. The summed E-state index contributed by atoms with van der Waals surface area (Å²) in [6.45, 7) is 0.940. The van der Waals surface area contributed by atoms with Gasteiger partial charge in [0.25, 0.3) is 0 Å². The molecular formula is C8H13NO. The summed E-state index contributed by atoms with van der Waals surface area (Å²) in [7, 11) is 0. The monoisotopic (exact) mass is 139 g/mol. The molecule has 0 aromatic carbocycles. The first-order valence-electron chi connectivity index (χ1n) is 4.14. The lowest BCUT2D eigenvalue weighted by atomic mass is 9.78. The third-order valence-corrected chi connectivity index (χ3v) is 2.72. The summed E-state index contributed by atoms with van der Waals surface area (Å²) >= 11 is 0. The summed E-state index contributed by atoms with van der Waals surface area (Å²) in [6.07, 6.45) is 4.88. The Morgan fingerprint density at radius 1 is 1.40 bits per heavy atom. The number of hydrogen-bond acceptors (Lipinski definition) is 1. The maximum absolute atomic E-state index is 11.1. The Bertz CT molecular complexity index is 155. The van der Waals surface area contributed by atoms with Crippen LogP contribution in [-0.4, -0.2) is 12.5 Å². The molecule has 1 heterocycles. The standard InChI is InChI=1S/C8H13NO/c10-8-7-3-1-2-6(4-7)5-9-8/h6-7H,1-5H2,(H,9,10)/t6-,7-/m1/s1. The smallest absolute Gasteiger partial charge is 0.223 e. The number of hydrogen-bond donors (Lipinski definition) is 1. The molecule has 0 spiro atoms. The highest BCUT2D eigenvalue weighted by atomic mass is 16.1. The van der Waals surface area contributed by atoms with Crippen LogP contribution < -0.4 is 5.32 Å². The molecule has 0 unspecified atom stereocenters. The molecule has 1 N–H and O–H groups in total. The first kappa shape index (κ1) is 6.20. The number of nitrogens with one attached hydrogen (secondary N) is 1. The Morgan fingerprint density at radius 2 is 2.30 bits per heavy atom. The molecule has 56 valence electrons. The van der Waals surface area contributed by atoms with Crippen LogP contribution in [0.1, 0.15) is 25.7 Å². The van der Waals surface area contributed by atoms with Gasteiger partial charge in [0.2, 0.25) is 5.91 Å². The predicted octanol–water partition coefficient (Wildman–Crippen LogP) is 0.923. The van der Waals surface area contributed by atoms with Gasteiger partial charge in [0.1, 0.15) is 0 Å². The third-order valence-electron chi connectivity index (χ3n) is 2.72. The molecule has 1 amide bonds. The van der Waals surface area contributed by atoms with Crippen LogP contribution in [0.2, 0.25) is 0 Å². The van der Waals surface area contributed by atoms with Gasteiger partial charge in [-0.1, -0.05) is 6.42 Å². The molecule has 0 aromatic rings. The fourth-order valence-electron chi connectivity index (χ4n) is 2.10. The minimum atomic E-state index is 0.302. The molecule has 0 radical (unpaired) electrons. The first-order valence-corrected chi connectivity index (χ1v) is 4.14. The molecule has 2 fully saturated rings. The van der Waals surface area contributed by atoms with E-state index in [1.54, 1.807) is 0 Å². The molecule has 1 aliphatic carbocycles. The van der Waals surface area contributed by atoms with Gasteiger partial charge in [-0.3, -0.25) is 4.79 Å². The Kier molecular flexibility index (Phi) is 1.40. The van der Waals surface area contributed by atoms with E-state index in [0.717, 1.165) is 25.3 Å². The minimum Gasteiger partial charge on any atom is -0.356 e. The Morgan fingerprint density at radius 3 is 3.10 bits per heavy atom. The van der Waals surface area contributed by atoms with Crippen LogP contribution in [0.5, 0.6) is 0 Å². The highest BCUT2D eigenvalue weighted by molar-refractivity contribution is 5.79. The molecule has 1 saturated carbocycles. The molecule has 2 nitrogen and oxygen atoms in total. The van der Waals surface area contributed by atoms with Gasteiger partial charge in [-0.25, -0.2) is 0 Å². The fraction of sp³-hybridized carbons (Fsp3) is 0.875. The molecule has 2 bridgehead atoms. The number of carbonyl (C=O) groups excluding carboxylic acids is 1. The van der Waals surface area contributed by atoms with Crippen molar-refractivity contribution in [3.05, 3.63) is 0 Å². The zero-order chi connectivity index (χ0) is 6.97. The molecule has 1 aliphatic heterocycles. The summed E-state index contributed by atoms with van der Waals surface area (Å²) in [5.74, 6) is 1.47. The van der Waals surface area contributed by atoms with Crippen LogP contribution >= 0.6 is 0 Å². The van der Waals surface area contributed by atoms with Crippen molar-refractivity contribution in [1.29, 1.82) is 0 Å². The maximum atomic E-state index is 11.1. The maximum Gasteiger partial charge on any atom is 0.223 e. The summed E-state index contributed by atoms with van der Waals surface area (Å²) in [5.41, 5.74) is 0. The van der Waals surface area contributed by atoms with E-state index < -0.39 is 0 Å². The predicted molar refractivity (Wildman–Crippen MR) is 38.5 cm³/mol. The Hall–Kier alpha value is -0.530. The lowest BCUT2D eigenvalue weighted by Gasteiger charge is -2.33. The molecule has 2 heteroatoms. The Balaban J connectivity index is 2.07. The van der Waals surface area contributed by atoms with Crippen molar-refractivity contribution in [3.63, 3.8) is 0 Å². The minimum absolute atomic E-state index is 0.302. The summed E-state index contributed by atoms with van der Waals surface area (Å²) in [4.78, 5) is 11.1. The zero-order valence-corrected chi connectivity index (χ0v) is 6.10. The molecule has 2 aliphatic rings. The lowest BCUT2D eigenvalue weighted by molar-refractivity contribution is -0.129. The summed E-state index contributed by atoms with van der Waals surface area (Å²) in [6, 6.07) is 0. The van der Waals surface area contributed by atoms with Crippen LogP contribution in [0, 0.1) is 11.8 Å². The van der Waals surface area contributed by atoms with Crippen molar-refractivity contribution < 1.29 is 4.79 Å². The Labute approximate surface area is 61.0 Å². The quantitative estimate of drug-likeness (QED) is 0.531. The van der Waals surface area contributed by atoms with Crippen molar-refractivity contribution in [2.75, 3.05) is 6.54 Å². The van der Waals surface area contributed by atoms with Crippen LogP contribution in [0.3, 0.4) is 0 Å².